The minimum Gasteiger partial charge on any atom is -0.369 e. The van der Waals surface area contributed by atoms with Gasteiger partial charge in [-0.25, -0.2) is 0 Å². The van der Waals surface area contributed by atoms with Gasteiger partial charge in [0.15, 0.2) is 0 Å². The molecular weight excluding hydrogens is 340 g/mol. The summed E-state index contributed by atoms with van der Waals surface area (Å²) in [5.74, 6) is -0.298. The van der Waals surface area contributed by atoms with Crippen LogP contribution < -0.4 is 11.1 Å². The molecule has 3 N–H and O–H groups in total. The van der Waals surface area contributed by atoms with Gasteiger partial charge in [0.05, 0.1) is 12.5 Å². The van der Waals surface area contributed by atoms with Crippen LogP contribution in [0, 0.1) is 5.92 Å². The van der Waals surface area contributed by atoms with Gasteiger partial charge in [-0.3, -0.25) is 19.4 Å². The number of likely N-dealkylation sites (tertiary alicyclic amines) is 1. The maximum absolute atomic E-state index is 12.7. The van der Waals surface area contributed by atoms with Gasteiger partial charge in [0.25, 0.3) is 0 Å². The molecule has 2 aliphatic heterocycles. The van der Waals surface area contributed by atoms with Crippen LogP contribution >= 0.6 is 0 Å². The lowest BCUT2D eigenvalue weighted by Crippen LogP contribution is -2.54. The minimum atomic E-state index is -0.331. The molecule has 1 saturated heterocycles. The average Bonchev–Trinajstić information content (AvgIpc) is 2.65. The molecule has 0 unspecified atom stereocenters. The second kappa shape index (κ2) is 8.40. The van der Waals surface area contributed by atoms with E-state index in [1.165, 1.54) is 11.1 Å². The Morgan fingerprint density at radius 2 is 1.96 bits per heavy atom. The van der Waals surface area contributed by atoms with E-state index < -0.39 is 0 Å². The highest BCUT2D eigenvalue weighted by molar-refractivity contribution is 5.79. The van der Waals surface area contributed by atoms with Gasteiger partial charge >= 0.3 is 0 Å². The smallest absolute Gasteiger partial charge is 0.231 e. The number of fused-ring (bicyclic) bond motifs is 1. The van der Waals surface area contributed by atoms with Gasteiger partial charge in [0.2, 0.25) is 11.8 Å². The third-order valence-corrected chi connectivity index (χ3v) is 5.94. The fourth-order valence-corrected chi connectivity index (χ4v) is 4.21. The molecule has 27 heavy (non-hydrogen) atoms. The number of rotatable bonds is 6. The Morgan fingerprint density at radius 3 is 2.70 bits per heavy atom. The summed E-state index contributed by atoms with van der Waals surface area (Å²) in [5.41, 5.74) is 8.01. The number of piperidine rings is 1. The van der Waals surface area contributed by atoms with Gasteiger partial charge in [-0.05, 0) is 50.8 Å². The second-order valence-electron chi connectivity index (χ2n) is 8.51. The Kier molecular flexibility index (Phi) is 6.17. The monoisotopic (exact) mass is 372 g/mol. The van der Waals surface area contributed by atoms with Gasteiger partial charge in [0.1, 0.15) is 0 Å². The standard InChI is InChI=1S/C21H32N4O2/c1-21(2,25-11-9-16-6-3-4-7-17(16)13-25)15-23-20(27)18-8-5-10-24(12-18)14-19(22)26/h3-4,6-7,18H,5,8-15H2,1-2H3,(H2,22,26)(H,23,27)/t18-/m1/s1. The number of carbonyl (C=O) groups is 2. The van der Waals surface area contributed by atoms with Crippen molar-refractivity contribution in [2.24, 2.45) is 11.7 Å². The average molecular weight is 373 g/mol. The van der Waals surface area contributed by atoms with E-state index in [4.69, 9.17) is 5.73 Å². The Labute approximate surface area is 162 Å². The summed E-state index contributed by atoms with van der Waals surface area (Å²) in [6.07, 6.45) is 2.86. The number of hydrogen-bond donors (Lipinski definition) is 2. The van der Waals surface area contributed by atoms with Crippen molar-refractivity contribution in [3.63, 3.8) is 0 Å². The van der Waals surface area contributed by atoms with Crippen LogP contribution in [-0.2, 0) is 22.6 Å². The van der Waals surface area contributed by atoms with Crippen molar-refractivity contribution < 1.29 is 9.59 Å². The lowest BCUT2D eigenvalue weighted by Gasteiger charge is -2.42. The fourth-order valence-electron chi connectivity index (χ4n) is 4.21. The van der Waals surface area contributed by atoms with E-state index in [0.717, 1.165) is 38.9 Å². The summed E-state index contributed by atoms with van der Waals surface area (Å²) < 4.78 is 0. The SMILES string of the molecule is CC(C)(CNC(=O)[C@@H]1CCCN(CC(N)=O)C1)N1CCc2ccccc2C1. The molecule has 1 fully saturated rings. The number of hydrogen-bond acceptors (Lipinski definition) is 4. The summed E-state index contributed by atoms with van der Waals surface area (Å²) in [6, 6.07) is 8.61. The van der Waals surface area contributed by atoms with Crippen LogP contribution in [0.5, 0.6) is 0 Å². The molecule has 0 spiro atoms. The first kappa shape index (κ1) is 19.8. The van der Waals surface area contributed by atoms with Gasteiger partial charge in [-0.2, -0.15) is 0 Å². The van der Waals surface area contributed by atoms with Crippen molar-refractivity contribution >= 4 is 11.8 Å². The van der Waals surface area contributed by atoms with E-state index in [2.05, 4.69) is 48.3 Å². The van der Waals surface area contributed by atoms with Gasteiger partial charge in [-0.1, -0.05) is 24.3 Å². The summed E-state index contributed by atoms with van der Waals surface area (Å²) in [6.45, 7) is 8.65. The third kappa shape index (κ3) is 5.08. The lowest BCUT2D eigenvalue weighted by atomic mass is 9.93. The number of primary amides is 1. The normalized spacial score (nSPS) is 21.5. The Balaban J connectivity index is 1.52. The van der Waals surface area contributed by atoms with Crippen molar-refractivity contribution in [2.45, 2.75) is 45.2 Å². The largest absolute Gasteiger partial charge is 0.369 e. The molecule has 1 aromatic carbocycles. The molecule has 6 nitrogen and oxygen atoms in total. The molecule has 1 aromatic rings. The van der Waals surface area contributed by atoms with Crippen LogP contribution in [0.25, 0.3) is 0 Å². The number of nitrogens with one attached hydrogen (secondary N) is 1. The first-order chi connectivity index (χ1) is 12.8. The second-order valence-corrected chi connectivity index (χ2v) is 8.51. The zero-order valence-electron chi connectivity index (χ0n) is 16.5. The van der Waals surface area contributed by atoms with Crippen molar-refractivity contribution in [3.05, 3.63) is 35.4 Å². The Morgan fingerprint density at radius 1 is 1.22 bits per heavy atom. The molecular formula is C21H32N4O2. The molecule has 2 amide bonds. The van der Waals surface area contributed by atoms with Gasteiger partial charge < -0.3 is 11.1 Å². The zero-order valence-corrected chi connectivity index (χ0v) is 16.5. The van der Waals surface area contributed by atoms with Crippen molar-refractivity contribution in [1.29, 1.82) is 0 Å². The molecule has 0 aromatic heterocycles. The highest BCUT2D eigenvalue weighted by Gasteiger charge is 2.32. The molecule has 0 bridgehead atoms. The Hall–Kier alpha value is -1.92. The van der Waals surface area contributed by atoms with E-state index in [1.54, 1.807) is 0 Å². The summed E-state index contributed by atoms with van der Waals surface area (Å²) in [4.78, 5) is 28.3. The predicted molar refractivity (Wildman–Crippen MR) is 106 cm³/mol. The molecule has 148 valence electrons. The Bertz CT molecular complexity index is 689. The topological polar surface area (TPSA) is 78.7 Å². The zero-order chi connectivity index (χ0) is 19.4. The number of amides is 2. The van der Waals surface area contributed by atoms with Crippen LogP contribution in [0.1, 0.15) is 37.8 Å². The maximum Gasteiger partial charge on any atom is 0.231 e. The van der Waals surface area contributed by atoms with Crippen molar-refractivity contribution in [3.8, 4) is 0 Å². The molecule has 2 heterocycles. The molecule has 0 radical (unpaired) electrons. The molecule has 2 aliphatic rings. The van der Waals surface area contributed by atoms with Crippen LogP contribution in [-0.4, -0.2) is 59.9 Å². The summed E-state index contributed by atoms with van der Waals surface area (Å²) in [5, 5.41) is 3.16. The lowest BCUT2D eigenvalue weighted by molar-refractivity contribution is -0.128. The number of nitrogens with two attached hydrogens (primary N) is 1. The van der Waals surface area contributed by atoms with Crippen LogP contribution in [0.3, 0.4) is 0 Å². The predicted octanol–water partition coefficient (Wildman–Crippen LogP) is 1.14. The van der Waals surface area contributed by atoms with Crippen LogP contribution in [0.2, 0.25) is 0 Å². The van der Waals surface area contributed by atoms with Gasteiger partial charge in [-0.15, -0.1) is 0 Å². The van der Waals surface area contributed by atoms with E-state index >= 15 is 0 Å². The molecule has 6 heteroatoms. The minimum absolute atomic E-state index is 0.0593. The quantitative estimate of drug-likeness (QED) is 0.785. The third-order valence-electron chi connectivity index (χ3n) is 5.94. The first-order valence-electron chi connectivity index (χ1n) is 9.95. The number of benzene rings is 1. The van der Waals surface area contributed by atoms with E-state index in [0.29, 0.717) is 13.1 Å². The van der Waals surface area contributed by atoms with E-state index in [1.807, 2.05) is 4.90 Å². The number of carbonyl (C=O) groups excluding carboxylic acids is 2. The molecule has 0 aliphatic carbocycles. The van der Waals surface area contributed by atoms with Gasteiger partial charge in [0, 0.05) is 31.7 Å². The fraction of sp³-hybridized carbons (Fsp3) is 0.619. The summed E-state index contributed by atoms with van der Waals surface area (Å²) in [7, 11) is 0. The molecule has 1 atom stereocenters. The molecule has 3 rings (SSSR count). The number of nitrogens with zero attached hydrogens (tertiary/aromatic N) is 2. The van der Waals surface area contributed by atoms with E-state index in [-0.39, 0.29) is 29.8 Å². The van der Waals surface area contributed by atoms with Crippen LogP contribution in [0.4, 0.5) is 0 Å². The highest BCUT2D eigenvalue weighted by Crippen LogP contribution is 2.25. The van der Waals surface area contributed by atoms with Crippen molar-refractivity contribution in [1.82, 2.24) is 15.1 Å². The van der Waals surface area contributed by atoms with E-state index in [9.17, 15) is 9.59 Å². The van der Waals surface area contributed by atoms with Crippen LogP contribution in [0.15, 0.2) is 24.3 Å². The highest BCUT2D eigenvalue weighted by atomic mass is 16.2. The maximum atomic E-state index is 12.7. The first-order valence-corrected chi connectivity index (χ1v) is 9.95. The molecule has 0 saturated carbocycles. The summed E-state index contributed by atoms with van der Waals surface area (Å²) >= 11 is 0. The van der Waals surface area contributed by atoms with Crippen molar-refractivity contribution in [2.75, 3.05) is 32.7 Å².